The molecule has 2 aromatic rings. The lowest BCUT2D eigenvalue weighted by Gasteiger charge is -2.26. The lowest BCUT2D eigenvalue weighted by atomic mass is 10.2. The van der Waals surface area contributed by atoms with E-state index in [9.17, 15) is 22.8 Å². The maximum Gasteiger partial charge on any atom is 0.411 e. The third-order valence-corrected chi connectivity index (χ3v) is 3.65. The van der Waals surface area contributed by atoms with E-state index in [4.69, 9.17) is 0 Å². The van der Waals surface area contributed by atoms with Gasteiger partial charge in [0.1, 0.15) is 12.4 Å². The Labute approximate surface area is 148 Å². The number of aromatic nitrogens is 2. The van der Waals surface area contributed by atoms with Crippen molar-refractivity contribution in [2.24, 2.45) is 0 Å². The van der Waals surface area contributed by atoms with Crippen LogP contribution in [0.25, 0.3) is 10.9 Å². The number of hydrogen-bond donors (Lipinski definition) is 1. The molecule has 142 valence electrons. The van der Waals surface area contributed by atoms with Gasteiger partial charge in [-0.1, -0.05) is 12.1 Å². The largest absolute Gasteiger partial charge is 0.411 e. The first-order chi connectivity index (χ1) is 12.2. The number of rotatable bonds is 7. The molecule has 0 aliphatic heterocycles. The fraction of sp³-hybridized carbons (Fsp3) is 0.471. The molecule has 1 aromatic carbocycles. The van der Waals surface area contributed by atoms with Crippen LogP contribution in [0.2, 0.25) is 0 Å². The van der Waals surface area contributed by atoms with E-state index in [1.54, 1.807) is 38.1 Å². The summed E-state index contributed by atoms with van der Waals surface area (Å²) < 4.78 is 40.7. The number of nitrogens with zero attached hydrogens (tertiary/aromatic N) is 2. The third kappa shape index (κ3) is 5.55. The minimum Gasteiger partial charge on any atom is -0.372 e. The predicted molar refractivity (Wildman–Crippen MR) is 89.5 cm³/mol. The molecule has 6 nitrogen and oxygen atoms in total. The Balaban J connectivity index is 2.06. The molecule has 0 saturated carbocycles. The van der Waals surface area contributed by atoms with Crippen molar-refractivity contribution in [3.63, 3.8) is 0 Å². The first-order valence-corrected chi connectivity index (χ1v) is 8.09. The van der Waals surface area contributed by atoms with E-state index >= 15 is 0 Å². The van der Waals surface area contributed by atoms with Gasteiger partial charge in [0.05, 0.1) is 30.5 Å². The molecule has 1 N–H and O–H groups in total. The van der Waals surface area contributed by atoms with Gasteiger partial charge in [-0.15, -0.1) is 0 Å². The van der Waals surface area contributed by atoms with Crippen molar-refractivity contribution in [1.29, 1.82) is 0 Å². The van der Waals surface area contributed by atoms with Crippen molar-refractivity contribution in [2.75, 3.05) is 13.2 Å². The van der Waals surface area contributed by atoms with Crippen molar-refractivity contribution in [2.45, 2.75) is 39.0 Å². The Hall–Kier alpha value is -2.42. The molecule has 0 bridgehead atoms. The van der Waals surface area contributed by atoms with Crippen LogP contribution in [0.1, 0.15) is 26.1 Å². The lowest BCUT2D eigenvalue weighted by Crippen LogP contribution is -2.38. The minimum absolute atomic E-state index is 0.0514. The van der Waals surface area contributed by atoms with Crippen molar-refractivity contribution >= 4 is 16.8 Å². The number of ether oxygens (including phenoxy) is 1. The second-order valence-corrected chi connectivity index (χ2v) is 6.06. The molecule has 26 heavy (non-hydrogen) atoms. The molecule has 0 saturated heterocycles. The average Bonchev–Trinajstić information content (AvgIpc) is 2.55. The molecular formula is C17H20F3N3O3. The predicted octanol–water partition coefficient (Wildman–Crippen LogP) is 2.63. The van der Waals surface area contributed by atoms with E-state index in [0.717, 1.165) is 0 Å². The first kappa shape index (κ1) is 19.9. The summed E-state index contributed by atoms with van der Waals surface area (Å²) in [6.45, 7) is 1.88. The van der Waals surface area contributed by atoms with Crippen LogP contribution in [-0.4, -0.2) is 46.2 Å². The number of alkyl halides is 3. The second kappa shape index (κ2) is 8.31. The van der Waals surface area contributed by atoms with Gasteiger partial charge in [0, 0.05) is 6.04 Å². The molecule has 0 fully saturated rings. The molecule has 0 radical (unpaired) electrons. The fourth-order valence-corrected chi connectivity index (χ4v) is 2.42. The number of halogens is 3. The number of para-hydroxylation sites is 1. The Kier molecular flexibility index (Phi) is 6.36. The van der Waals surface area contributed by atoms with Crippen molar-refractivity contribution < 1.29 is 22.7 Å². The highest BCUT2D eigenvalue weighted by atomic mass is 19.4. The third-order valence-electron chi connectivity index (χ3n) is 3.65. The summed E-state index contributed by atoms with van der Waals surface area (Å²) in [5, 5.41) is 0.444. The summed E-state index contributed by atoms with van der Waals surface area (Å²) in [5.74, 6) is -0.0649. The zero-order valence-electron chi connectivity index (χ0n) is 14.5. The normalized spacial score (nSPS) is 11.9. The van der Waals surface area contributed by atoms with Crippen molar-refractivity contribution in [1.82, 2.24) is 14.9 Å². The Bertz CT molecular complexity index is 818. The number of aromatic amines is 1. The second-order valence-electron chi connectivity index (χ2n) is 6.06. The summed E-state index contributed by atoms with van der Waals surface area (Å²) in [5.41, 5.74) is 0.200. The fourth-order valence-electron chi connectivity index (χ4n) is 2.42. The number of fused-ring (bicyclic) bond motifs is 1. The van der Waals surface area contributed by atoms with Crippen LogP contribution in [0.4, 0.5) is 13.2 Å². The van der Waals surface area contributed by atoms with Crippen LogP contribution >= 0.6 is 0 Å². The number of benzene rings is 1. The van der Waals surface area contributed by atoms with E-state index in [2.05, 4.69) is 14.7 Å². The molecule has 1 aromatic heterocycles. The van der Waals surface area contributed by atoms with E-state index < -0.39 is 12.8 Å². The van der Waals surface area contributed by atoms with Crippen LogP contribution in [0.5, 0.6) is 0 Å². The summed E-state index contributed by atoms with van der Waals surface area (Å²) in [6, 6.07) is 6.60. The first-order valence-electron chi connectivity index (χ1n) is 8.09. The molecule has 1 amide bonds. The number of carbonyl (C=O) groups is 1. The molecule has 0 atom stereocenters. The van der Waals surface area contributed by atoms with Gasteiger partial charge in [-0.3, -0.25) is 9.59 Å². The lowest BCUT2D eigenvalue weighted by molar-refractivity contribution is -0.175. The summed E-state index contributed by atoms with van der Waals surface area (Å²) >= 11 is 0. The highest BCUT2D eigenvalue weighted by molar-refractivity contribution is 5.78. The molecule has 2 rings (SSSR count). The molecule has 0 unspecified atom stereocenters. The van der Waals surface area contributed by atoms with Crippen LogP contribution in [0.15, 0.2) is 29.1 Å². The minimum atomic E-state index is -4.42. The van der Waals surface area contributed by atoms with Gasteiger partial charge in [0.15, 0.2) is 0 Å². The van der Waals surface area contributed by atoms with Gasteiger partial charge in [-0.2, -0.15) is 13.2 Å². The highest BCUT2D eigenvalue weighted by Gasteiger charge is 2.27. The van der Waals surface area contributed by atoms with Gasteiger partial charge in [0.2, 0.25) is 5.91 Å². The Morgan fingerprint density at radius 3 is 2.65 bits per heavy atom. The summed E-state index contributed by atoms with van der Waals surface area (Å²) in [6.07, 6.45) is -4.61. The van der Waals surface area contributed by atoms with Gasteiger partial charge in [0.25, 0.3) is 5.56 Å². The number of carbonyl (C=O) groups excluding carboxylic acids is 1. The number of H-pyrrole nitrogens is 1. The molecule has 9 heteroatoms. The summed E-state index contributed by atoms with van der Waals surface area (Å²) in [7, 11) is 0. The zero-order chi connectivity index (χ0) is 19.3. The SMILES string of the molecule is CC(C)N(Cc1nc2ccccc2c(=O)[nH]1)C(=O)CCOCC(F)(F)F. The molecular weight excluding hydrogens is 351 g/mol. The summed E-state index contributed by atoms with van der Waals surface area (Å²) in [4.78, 5) is 32.8. The van der Waals surface area contributed by atoms with E-state index in [0.29, 0.717) is 16.7 Å². The van der Waals surface area contributed by atoms with Crippen molar-refractivity contribution in [3.05, 3.63) is 40.4 Å². The Morgan fingerprint density at radius 1 is 1.31 bits per heavy atom. The molecule has 0 aliphatic carbocycles. The number of hydrogen-bond acceptors (Lipinski definition) is 4. The standard InChI is InChI=1S/C17H20F3N3O3/c1-11(2)23(15(24)7-8-26-10-17(18,19)20)9-14-21-13-6-4-3-5-12(13)16(25)22-14/h3-6,11H,7-10H2,1-2H3,(H,21,22,25). The topological polar surface area (TPSA) is 75.3 Å². The van der Waals surface area contributed by atoms with Gasteiger partial charge in [-0.25, -0.2) is 4.98 Å². The molecule has 1 heterocycles. The van der Waals surface area contributed by atoms with Gasteiger partial charge >= 0.3 is 6.18 Å². The zero-order valence-corrected chi connectivity index (χ0v) is 14.5. The van der Waals surface area contributed by atoms with Crippen LogP contribution < -0.4 is 5.56 Å². The number of nitrogens with one attached hydrogen (secondary N) is 1. The van der Waals surface area contributed by atoms with Crippen LogP contribution in [0.3, 0.4) is 0 Å². The van der Waals surface area contributed by atoms with Crippen molar-refractivity contribution in [3.8, 4) is 0 Å². The van der Waals surface area contributed by atoms with Gasteiger partial charge < -0.3 is 14.6 Å². The maximum absolute atomic E-state index is 12.3. The van der Waals surface area contributed by atoms with E-state index in [1.807, 2.05) is 0 Å². The molecule has 0 aliphatic rings. The van der Waals surface area contributed by atoms with Crippen LogP contribution in [0, 0.1) is 0 Å². The number of amides is 1. The monoisotopic (exact) mass is 371 g/mol. The van der Waals surface area contributed by atoms with Gasteiger partial charge in [-0.05, 0) is 26.0 Å². The van der Waals surface area contributed by atoms with E-state index in [-0.39, 0.29) is 37.1 Å². The smallest absolute Gasteiger partial charge is 0.372 e. The highest BCUT2D eigenvalue weighted by Crippen LogP contribution is 2.15. The van der Waals surface area contributed by atoms with E-state index in [1.165, 1.54) is 4.90 Å². The van der Waals surface area contributed by atoms with Crippen LogP contribution in [-0.2, 0) is 16.1 Å². The maximum atomic E-state index is 12.3. The Morgan fingerprint density at radius 2 is 2.00 bits per heavy atom. The molecule has 0 spiro atoms. The quantitative estimate of drug-likeness (QED) is 0.760. The average molecular weight is 371 g/mol.